The molecule has 0 rings (SSSR count). The number of esters is 4. The topological polar surface area (TPSA) is 237 Å². The van der Waals surface area contributed by atoms with Crippen molar-refractivity contribution in [1.29, 1.82) is 0 Å². The molecule has 19 heteroatoms. The summed E-state index contributed by atoms with van der Waals surface area (Å²) >= 11 is 0. The summed E-state index contributed by atoms with van der Waals surface area (Å²) in [7, 11) is -9.97. The number of carbonyl (C=O) groups is 4. The maximum atomic E-state index is 13.1. The van der Waals surface area contributed by atoms with Crippen LogP contribution in [0.3, 0.4) is 0 Å². The number of aliphatic hydroxyl groups is 1. The molecule has 17 nitrogen and oxygen atoms in total. The minimum Gasteiger partial charge on any atom is -0.462 e. The van der Waals surface area contributed by atoms with Crippen LogP contribution in [-0.2, 0) is 65.4 Å². The molecule has 5 unspecified atom stereocenters. The lowest BCUT2D eigenvalue weighted by Crippen LogP contribution is -2.30. The Morgan fingerprint density at radius 2 is 0.583 bits per heavy atom. The van der Waals surface area contributed by atoms with Crippen molar-refractivity contribution < 1.29 is 80.2 Å². The number of unbranched alkanes of at least 4 members (excludes halogenated alkanes) is 26. The van der Waals surface area contributed by atoms with Crippen LogP contribution in [0.2, 0.25) is 0 Å². The fourth-order valence-electron chi connectivity index (χ4n) is 9.65. The third-order valence-corrected chi connectivity index (χ3v) is 17.2. The molecule has 3 N–H and O–H groups in total. The van der Waals surface area contributed by atoms with E-state index in [1.807, 2.05) is 18.2 Å². The molecule has 0 aliphatic heterocycles. The highest BCUT2D eigenvalue weighted by Gasteiger charge is 2.30. The van der Waals surface area contributed by atoms with Crippen molar-refractivity contribution in [2.24, 2.45) is 0 Å². The lowest BCUT2D eigenvalue weighted by Gasteiger charge is -2.21. The normalized spacial score (nSPS) is 14.6. The van der Waals surface area contributed by atoms with E-state index in [0.29, 0.717) is 25.7 Å². The number of ether oxygens (including phenoxy) is 4. The molecule has 96 heavy (non-hydrogen) atoms. The maximum Gasteiger partial charge on any atom is 0.472 e. The van der Waals surface area contributed by atoms with Gasteiger partial charge < -0.3 is 33.8 Å². The van der Waals surface area contributed by atoms with Crippen LogP contribution in [0.1, 0.15) is 297 Å². The van der Waals surface area contributed by atoms with Gasteiger partial charge >= 0.3 is 39.5 Å². The van der Waals surface area contributed by atoms with Crippen LogP contribution in [0.15, 0.2) is 109 Å². The quantitative estimate of drug-likeness (QED) is 0.0169. The zero-order valence-electron chi connectivity index (χ0n) is 60.0. The number of rotatable bonds is 69. The van der Waals surface area contributed by atoms with Gasteiger partial charge in [-0.2, -0.15) is 0 Å². The second kappa shape index (κ2) is 69.2. The first-order valence-corrected chi connectivity index (χ1v) is 40.1. The highest BCUT2D eigenvalue weighted by atomic mass is 31.2. The van der Waals surface area contributed by atoms with Crippen LogP contribution in [0.4, 0.5) is 0 Å². The van der Waals surface area contributed by atoms with E-state index in [-0.39, 0.29) is 25.7 Å². The summed E-state index contributed by atoms with van der Waals surface area (Å²) in [6.07, 6.45) is 72.6. The van der Waals surface area contributed by atoms with E-state index in [0.717, 1.165) is 141 Å². The van der Waals surface area contributed by atoms with Crippen LogP contribution in [0.25, 0.3) is 0 Å². The molecule has 0 aliphatic carbocycles. The fourth-order valence-corrected chi connectivity index (χ4v) is 11.2. The molecule has 0 radical (unpaired) electrons. The molecule has 0 saturated carbocycles. The van der Waals surface area contributed by atoms with Gasteiger partial charge in [0.2, 0.25) is 0 Å². The number of allylic oxidation sites excluding steroid dienone is 17. The average molecular weight is 1390 g/mol. The number of hydrogen-bond acceptors (Lipinski definition) is 15. The lowest BCUT2D eigenvalue weighted by atomic mass is 10.0. The van der Waals surface area contributed by atoms with Gasteiger partial charge in [-0.15, -0.1) is 0 Å². The molecule has 0 aromatic carbocycles. The molecule has 552 valence electrons. The average Bonchev–Trinajstić information content (AvgIpc) is 1.14. The van der Waals surface area contributed by atoms with Gasteiger partial charge in [-0.1, -0.05) is 272 Å². The molecule has 0 heterocycles. The van der Waals surface area contributed by atoms with Gasteiger partial charge in [0.15, 0.2) is 12.2 Å². The van der Waals surface area contributed by atoms with E-state index in [4.69, 9.17) is 37.0 Å². The molecular formula is C77H132O17P2. The van der Waals surface area contributed by atoms with Crippen molar-refractivity contribution >= 4 is 39.5 Å². The number of phosphoric ester groups is 2. The van der Waals surface area contributed by atoms with E-state index in [1.165, 1.54) is 77.0 Å². The van der Waals surface area contributed by atoms with Crippen LogP contribution in [0, 0.1) is 0 Å². The number of hydrogen-bond donors (Lipinski definition) is 3. The van der Waals surface area contributed by atoms with Crippen LogP contribution in [0.5, 0.6) is 0 Å². The summed E-state index contributed by atoms with van der Waals surface area (Å²) in [6.45, 7) is 4.49. The van der Waals surface area contributed by atoms with Gasteiger partial charge in [0.25, 0.3) is 0 Å². The molecule has 5 atom stereocenters. The zero-order valence-corrected chi connectivity index (χ0v) is 61.8. The van der Waals surface area contributed by atoms with E-state index in [2.05, 4.69) is 113 Å². The molecule has 0 amide bonds. The molecule has 0 aliphatic rings. The zero-order chi connectivity index (χ0) is 70.4. The number of phosphoric acid groups is 2. The van der Waals surface area contributed by atoms with Gasteiger partial charge in [0.05, 0.1) is 32.8 Å². The molecule has 0 aromatic heterocycles. The Hall–Kier alpha value is -4.28. The first-order chi connectivity index (χ1) is 46.7. The Labute approximate surface area is 581 Å². The van der Waals surface area contributed by atoms with Gasteiger partial charge in [-0.25, -0.2) is 9.13 Å². The van der Waals surface area contributed by atoms with Crippen molar-refractivity contribution in [3.63, 3.8) is 0 Å². The summed E-state index contributed by atoms with van der Waals surface area (Å²) in [4.78, 5) is 72.7. The van der Waals surface area contributed by atoms with E-state index in [9.17, 15) is 43.2 Å². The highest BCUT2D eigenvalue weighted by molar-refractivity contribution is 7.47. The van der Waals surface area contributed by atoms with Crippen LogP contribution < -0.4 is 0 Å². The first-order valence-electron chi connectivity index (χ1n) is 37.1. The summed E-state index contributed by atoms with van der Waals surface area (Å²) in [5, 5.41) is 10.6. The second-order valence-electron chi connectivity index (χ2n) is 24.5. The monoisotopic (exact) mass is 1390 g/mol. The summed E-state index contributed by atoms with van der Waals surface area (Å²) in [5.74, 6) is -2.34. The van der Waals surface area contributed by atoms with Crippen LogP contribution in [-0.4, -0.2) is 96.7 Å². The van der Waals surface area contributed by atoms with Crippen molar-refractivity contribution in [2.75, 3.05) is 39.6 Å². The minimum atomic E-state index is -4.99. The van der Waals surface area contributed by atoms with E-state index >= 15 is 0 Å². The minimum absolute atomic E-state index is 0.0646. The second-order valence-corrected chi connectivity index (χ2v) is 27.4. The Morgan fingerprint density at radius 1 is 0.312 bits per heavy atom. The summed E-state index contributed by atoms with van der Waals surface area (Å²) < 4.78 is 68.2. The van der Waals surface area contributed by atoms with Crippen molar-refractivity contribution in [3.05, 3.63) is 109 Å². The SMILES string of the molecule is CC/C=C\C/C=C\C/C=C\C/C=C\C/C=C\CC(=O)OCC(COP(=O)(O)OCC(O)COP(=O)(O)OCC(COC(=O)CCCCCCC/C=C\C/C=C\C/C=C\CC)OC(=O)CCCCCCCCCCCCCCC)OC(=O)CCCCCCC/C=C\CCCCCC. The smallest absolute Gasteiger partial charge is 0.462 e. The summed E-state index contributed by atoms with van der Waals surface area (Å²) in [6, 6.07) is 0. The van der Waals surface area contributed by atoms with Crippen molar-refractivity contribution in [3.8, 4) is 0 Å². The van der Waals surface area contributed by atoms with Gasteiger partial charge in [-0.3, -0.25) is 37.3 Å². The van der Waals surface area contributed by atoms with Crippen molar-refractivity contribution in [2.45, 2.75) is 316 Å². The first kappa shape index (κ1) is 91.7. The predicted octanol–water partition coefficient (Wildman–Crippen LogP) is 21.0. The van der Waals surface area contributed by atoms with Gasteiger partial charge in [0.1, 0.15) is 19.3 Å². The molecular weight excluding hydrogens is 1260 g/mol. The molecule has 0 fully saturated rings. The largest absolute Gasteiger partial charge is 0.472 e. The predicted molar refractivity (Wildman–Crippen MR) is 390 cm³/mol. The Kier molecular flexibility index (Phi) is 66.1. The Balaban J connectivity index is 5.41. The molecule has 0 aromatic rings. The third-order valence-electron chi connectivity index (χ3n) is 15.3. The highest BCUT2D eigenvalue weighted by Crippen LogP contribution is 2.45. The number of aliphatic hydroxyl groups excluding tert-OH is 1. The lowest BCUT2D eigenvalue weighted by molar-refractivity contribution is -0.161. The van der Waals surface area contributed by atoms with Gasteiger partial charge in [0, 0.05) is 19.3 Å². The summed E-state index contributed by atoms with van der Waals surface area (Å²) in [5.41, 5.74) is 0. The molecule has 0 bridgehead atoms. The third kappa shape index (κ3) is 68.3. The maximum absolute atomic E-state index is 13.1. The standard InChI is InChI=1S/C77H132O17P2/c1-5-9-13-17-21-25-29-33-35-39-41-45-49-53-57-61-74(79)87-67-72(93-76(81)63-59-55-51-47-43-37-31-27-23-19-15-11-7-3)69-91-95(83,84)89-65-71(78)66-90-96(85,86)92-70-73(94-77(82)64-60-56-52-48-44-38-32-28-24-20-16-12-8-4)68-88-75(80)62-58-54-50-46-42-40-36-34-30-26-22-18-14-10-6-2/h9-10,13-14,21-22,25-27,31,33-36,41,45,53,57,71-73,78H,5-8,11-12,15-20,23-24,28-30,32,37-40,42-44,46-52,54-56,58-70H2,1-4H3,(H,83,84)(H,85,86)/b13-9-,14-10-,25-21-,26-22-,31-27-,35-33-,36-34-,45-41-,57-53-. The van der Waals surface area contributed by atoms with Gasteiger partial charge in [-0.05, 0) is 109 Å². The Morgan fingerprint density at radius 3 is 0.948 bits per heavy atom. The molecule has 0 spiro atoms. The number of carbonyl (C=O) groups excluding carboxylic acids is 4. The van der Waals surface area contributed by atoms with Crippen LogP contribution >= 0.6 is 15.6 Å². The van der Waals surface area contributed by atoms with E-state index < -0.39 is 97.5 Å². The van der Waals surface area contributed by atoms with E-state index in [1.54, 1.807) is 6.08 Å². The Bertz CT molecular complexity index is 2250. The van der Waals surface area contributed by atoms with Crippen molar-refractivity contribution in [1.82, 2.24) is 0 Å². The molecule has 0 saturated heterocycles. The fraction of sp³-hybridized carbons (Fsp3) is 0.714.